The second-order valence-electron chi connectivity index (χ2n) is 8.82. The van der Waals surface area contributed by atoms with Gasteiger partial charge < -0.3 is 14.5 Å². The number of carbonyl (C=O) groups excluding carboxylic acids is 2. The summed E-state index contributed by atoms with van der Waals surface area (Å²) in [7, 11) is 0. The standard InChI is InChI=1S/C28H28N2O3/c31-27(26(21-11-4-1-5-12-21)22-13-6-2-7-14-22)30-23-15-10-16-24(30)20-29(19-23)28(32)33-25-17-8-3-9-18-25/h1-9,11-14,17-18,23-24,26H,10,15-16,19-20H2/t23-,24+. The van der Waals surface area contributed by atoms with E-state index in [9.17, 15) is 9.59 Å². The number of rotatable bonds is 4. The van der Waals surface area contributed by atoms with Crippen LogP contribution in [0.4, 0.5) is 4.79 Å². The lowest BCUT2D eigenvalue weighted by Gasteiger charge is -2.50. The smallest absolute Gasteiger partial charge is 0.410 e. The molecule has 3 aromatic carbocycles. The Morgan fingerprint density at radius 3 is 1.73 bits per heavy atom. The minimum atomic E-state index is -0.349. The molecule has 168 valence electrons. The third-order valence-corrected chi connectivity index (χ3v) is 6.70. The largest absolute Gasteiger partial charge is 0.415 e. The van der Waals surface area contributed by atoms with Gasteiger partial charge in [0.2, 0.25) is 5.91 Å². The maximum Gasteiger partial charge on any atom is 0.415 e. The number of ether oxygens (including phenoxy) is 1. The van der Waals surface area contributed by atoms with Crippen molar-refractivity contribution in [2.24, 2.45) is 0 Å². The zero-order valence-electron chi connectivity index (χ0n) is 18.5. The second kappa shape index (κ2) is 9.49. The Morgan fingerprint density at radius 1 is 0.727 bits per heavy atom. The summed E-state index contributed by atoms with van der Waals surface area (Å²) < 4.78 is 5.58. The molecule has 3 aromatic rings. The van der Waals surface area contributed by atoms with Gasteiger partial charge in [-0.05, 0) is 42.5 Å². The molecule has 2 saturated heterocycles. The number of piperidine rings is 1. The lowest BCUT2D eigenvalue weighted by molar-refractivity contribution is -0.143. The zero-order valence-corrected chi connectivity index (χ0v) is 18.5. The molecule has 2 atom stereocenters. The first kappa shape index (κ1) is 21.3. The molecule has 5 heteroatoms. The third kappa shape index (κ3) is 4.49. The van der Waals surface area contributed by atoms with Gasteiger partial charge in [0.1, 0.15) is 5.75 Å². The Morgan fingerprint density at radius 2 is 1.21 bits per heavy atom. The van der Waals surface area contributed by atoms with Crippen LogP contribution in [0.1, 0.15) is 36.3 Å². The number of piperazine rings is 1. The van der Waals surface area contributed by atoms with Crippen molar-refractivity contribution in [2.75, 3.05) is 13.1 Å². The third-order valence-electron chi connectivity index (χ3n) is 6.70. The molecule has 2 aliphatic rings. The predicted octanol–water partition coefficient (Wildman–Crippen LogP) is 5.08. The van der Waals surface area contributed by atoms with Crippen LogP contribution < -0.4 is 4.74 Å². The van der Waals surface area contributed by atoms with Crippen molar-refractivity contribution < 1.29 is 14.3 Å². The minimum absolute atomic E-state index is 0.00301. The van der Waals surface area contributed by atoms with E-state index in [1.54, 1.807) is 17.0 Å². The number of nitrogens with zero attached hydrogens (tertiary/aromatic N) is 2. The van der Waals surface area contributed by atoms with E-state index in [2.05, 4.69) is 4.90 Å². The Bertz CT molecular complexity index is 1030. The number of amides is 2. The number of para-hydroxylation sites is 1. The summed E-state index contributed by atoms with van der Waals surface area (Å²) in [5.74, 6) is 0.316. The lowest BCUT2D eigenvalue weighted by atomic mass is 9.85. The van der Waals surface area contributed by atoms with Crippen molar-refractivity contribution in [2.45, 2.75) is 37.3 Å². The average molecular weight is 441 g/mol. The fraction of sp³-hybridized carbons (Fsp3) is 0.286. The highest BCUT2D eigenvalue weighted by Gasteiger charge is 2.44. The van der Waals surface area contributed by atoms with Gasteiger partial charge in [-0.25, -0.2) is 4.79 Å². The molecule has 0 saturated carbocycles. The predicted molar refractivity (Wildman–Crippen MR) is 127 cm³/mol. The number of hydrogen-bond acceptors (Lipinski definition) is 3. The first-order valence-corrected chi connectivity index (χ1v) is 11.6. The molecule has 5 rings (SSSR count). The summed E-state index contributed by atoms with van der Waals surface area (Å²) in [5.41, 5.74) is 2.00. The van der Waals surface area contributed by atoms with Gasteiger partial charge >= 0.3 is 6.09 Å². The van der Waals surface area contributed by atoms with E-state index in [1.165, 1.54) is 0 Å². The van der Waals surface area contributed by atoms with Crippen LogP contribution in [0.25, 0.3) is 0 Å². The quantitative estimate of drug-likeness (QED) is 0.568. The molecule has 33 heavy (non-hydrogen) atoms. The van der Waals surface area contributed by atoms with Crippen LogP contribution in [0.3, 0.4) is 0 Å². The van der Waals surface area contributed by atoms with Crippen LogP contribution in [-0.2, 0) is 4.79 Å². The van der Waals surface area contributed by atoms with Gasteiger partial charge in [-0.15, -0.1) is 0 Å². The number of benzene rings is 3. The summed E-state index contributed by atoms with van der Waals surface area (Å²) in [6.45, 7) is 1.01. The molecule has 0 radical (unpaired) electrons. The van der Waals surface area contributed by atoms with Gasteiger partial charge in [-0.2, -0.15) is 0 Å². The van der Waals surface area contributed by atoms with Crippen molar-refractivity contribution in [1.29, 1.82) is 0 Å². The Labute approximate surface area is 194 Å². The average Bonchev–Trinajstić information content (AvgIpc) is 2.85. The van der Waals surface area contributed by atoms with Crippen molar-refractivity contribution in [3.63, 3.8) is 0 Å². The summed E-state index contributed by atoms with van der Waals surface area (Å²) in [6.07, 6.45) is 2.52. The van der Waals surface area contributed by atoms with Crippen molar-refractivity contribution >= 4 is 12.0 Å². The van der Waals surface area contributed by atoms with Crippen LogP contribution in [0.5, 0.6) is 5.75 Å². The Kier molecular flexibility index (Phi) is 6.11. The molecular weight excluding hydrogens is 412 g/mol. The van der Waals surface area contributed by atoms with E-state index >= 15 is 0 Å². The number of hydrogen-bond donors (Lipinski definition) is 0. The molecule has 2 bridgehead atoms. The second-order valence-corrected chi connectivity index (χ2v) is 8.82. The highest BCUT2D eigenvalue weighted by atomic mass is 16.6. The maximum atomic E-state index is 14.1. The van der Waals surface area contributed by atoms with Crippen molar-refractivity contribution in [3.8, 4) is 5.75 Å². The molecule has 0 aromatic heterocycles. The fourth-order valence-corrected chi connectivity index (χ4v) is 5.19. The topological polar surface area (TPSA) is 49.9 Å². The first-order valence-electron chi connectivity index (χ1n) is 11.6. The molecule has 2 aliphatic heterocycles. The molecule has 5 nitrogen and oxygen atoms in total. The number of fused-ring (bicyclic) bond motifs is 2. The first-order chi connectivity index (χ1) is 16.2. The van der Waals surface area contributed by atoms with Gasteiger partial charge in [0.05, 0.1) is 5.92 Å². The maximum absolute atomic E-state index is 14.1. The van der Waals surface area contributed by atoms with E-state index in [4.69, 9.17) is 4.74 Å². The molecule has 2 amide bonds. The Balaban J connectivity index is 1.39. The molecule has 0 N–H and O–H groups in total. The molecule has 2 heterocycles. The molecular formula is C28H28N2O3. The fourth-order valence-electron chi connectivity index (χ4n) is 5.19. The monoisotopic (exact) mass is 440 g/mol. The van der Waals surface area contributed by atoms with Gasteiger partial charge in [0.15, 0.2) is 0 Å². The highest BCUT2D eigenvalue weighted by Crippen LogP contribution is 2.35. The van der Waals surface area contributed by atoms with Crippen LogP contribution >= 0.6 is 0 Å². The van der Waals surface area contributed by atoms with Gasteiger partial charge in [-0.1, -0.05) is 78.9 Å². The molecule has 0 spiro atoms. The zero-order chi connectivity index (χ0) is 22.6. The molecule has 0 aliphatic carbocycles. The highest BCUT2D eigenvalue weighted by molar-refractivity contribution is 5.88. The minimum Gasteiger partial charge on any atom is -0.410 e. The lowest BCUT2D eigenvalue weighted by Crippen LogP contribution is -2.64. The van der Waals surface area contributed by atoms with Gasteiger partial charge in [0, 0.05) is 25.2 Å². The number of likely N-dealkylation sites (tertiary alicyclic amines) is 1. The summed E-state index contributed by atoms with van der Waals surface area (Å²) in [6, 6.07) is 29.1. The molecule has 2 fully saturated rings. The molecule has 0 unspecified atom stereocenters. The van der Waals surface area contributed by atoms with Gasteiger partial charge in [0.25, 0.3) is 0 Å². The van der Waals surface area contributed by atoms with Crippen molar-refractivity contribution in [3.05, 3.63) is 102 Å². The van der Waals surface area contributed by atoms with E-state index in [1.807, 2.05) is 78.9 Å². The van der Waals surface area contributed by atoms with Crippen LogP contribution in [-0.4, -0.2) is 47.0 Å². The summed E-state index contributed by atoms with van der Waals surface area (Å²) >= 11 is 0. The van der Waals surface area contributed by atoms with Gasteiger partial charge in [-0.3, -0.25) is 4.79 Å². The van der Waals surface area contributed by atoms with E-state index < -0.39 is 0 Å². The Hall–Kier alpha value is -3.60. The van der Waals surface area contributed by atoms with Crippen LogP contribution in [0, 0.1) is 0 Å². The van der Waals surface area contributed by atoms with Crippen molar-refractivity contribution in [1.82, 2.24) is 9.80 Å². The van der Waals surface area contributed by atoms with E-state index in [-0.39, 0.29) is 30.0 Å². The summed E-state index contributed by atoms with van der Waals surface area (Å²) in [5, 5.41) is 0. The SMILES string of the molecule is O=C(Oc1ccccc1)N1C[C@H]2CCC[C@@H](C1)N2C(=O)C(c1ccccc1)c1ccccc1. The van der Waals surface area contributed by atoms with Crippen LogP contribution in [0.15, 0.2) is 91.0 Å². The van der Waals surface area contributed by atoms with Crippen LogP contribution in [0.2, 0.25) is 0 Å². The van der Waals surface area contributed by atoms with E-state index in [0.29, 0.717) is 18.8 Å². The summed E-state index contributed by atoms with van der Waals surface area (Å²) in [4.78, 5) is 30.8. The van der Waals surface area contributed by atoms with E-state index in [0.717, 1.165) is 30.4 Å². The normalized spacial score (nSPS) is 19.9. The number of carbonyl (C=O) groups is 2.